The number of benzene rings is 2. The van der Waals surface area contributed by atoms with E-state index in [1.165, 1.54) is 36.4 Å². The van der Waals surface area contributed by atoms with Crippen LogP contribution in [-0.2, 0) is 0 Å². The van der Waals surface area contributed by atoms with Crippen LogP contribution in [0.4, 0.5) is 15.8 Å². The lowest BCUT2D eigenvalue weighted by atomic mass is 10.2. The van der Waals surface area contributed by atoms with Crippen molar-refractivity contribution in [1.82, 2.24) is 0 Å². The van der Waals surface area contributed by atoms with Crippen molar-refractivity contribution in [3.05, 3.63) is 58.4 Å². The third-order valence-electron chi connectivity index (χ3n) is 2.26. The minimum atomic E-state index is -0.595. The number of nitro groups is 1. The van der Waals surface area contributed by atoms with Crippen LogP contribution in [0.15, 0.2) is 42.5 Å². The molecule has 0 aromatic heterocycles. The van der Waals surface area contributed by atoms with Crippen LogP contribution >= 0.6 is 0 Å². The van der Waals surface area contributed by atoms with Crippen molar-refractivity contribution < 1.29 is 14.1 Å². The average molecular weight is 248 g/mol. The number of hydrogen-bond donors (Lipinski definition) is 1. The van der Waals surface area contributed by atoms with E-state index in [0.717, 1.165) is 0 Å². The molecule has 18 heavy (non-hydrogen) atoms. The van der Waals surface area contributed by atoms with Crippen LogP contribution in [-0.4, -0.2) is 4.92 Å². The lowest BCUT2D eigenvalue weighted by molar-refractivity contribution is -0.383. The van der Waals surface area contributed by atoms with E-state index in [9.17, 15) is 14.5 Å². The molecule has 0 unspecified atom stereocenters. The first-order valence-corrected chi connectivity index (χ1v) is 5.04. The van der Waals surface area contributed by atoms with Crippen LogP contribution in [0.3, 0.4) is 0 Å². The Balaban J connectivity index is 2.29. The molecule has 0 saturated heterocycles. The van der Waals surface area contributed by atoms with Gasteiger partial charge in [0.25, 0.3) is 5.69 Å². The van der Waals surface area contributed by atoms with E-state index in [1.807, 2.05) is 0 Å². The first-order valence-electron chi connectivity index (χ1n) is 5.04. The second-order valence-corrected chi connectivity index (χ2v) is 3.51. The standard InChI is InChI=1S/C12H9FN2O3/c13-9-3-1-2-4-12(9)18-8-5-6-11(15(16)17)10(14)7-8/h1-7H,14H2. The number of ether oxygens (including phenoxy) is 1. The van der Waals surface area contributed by atoms with Gasteiger partial charge in [-0.2, -0.15) is 0 Å². The fourth-order valence-corrected chi connectivity index (χ4v) is 1.42. The van der Waals surface area contributed by atoms with Gasteiger partial charge in [0.1, 0.15) is 11.4 Å². The summed E-state index contributed by atoms with van der Waals surface area (Å²) in [7, 11) is 0. The normalized spacial score (nSPS) is 10.1. The Labute approximate surface area is 102 Å². The molecule has 2 N–H and O–H groups in total. The molecular weight excluding hydrogens is 239 g/mol. The number of nitrogen functional groups attached to an aromatic ring is 1. The van der Waals surface area contributed by atoms with Crippen molar-refractivity contribution in [2.24, 2.45) is 0 Å². The molecule has 2 rings (SSSR count). The average Bonchev–Trinajstić information content (AvgIpc) is 2.32. The third kappa shape index (κ3) is 2.37. The van der Waals surface area contributed by atoms with Gasteiger partial charge in [-0.25, -0.2) is 4.39 Å². The Morgan fingerprint density at radius 1 is 1.22 bits per heavy atom. The molecule has 0 saturated carbocycles. The summed E-state index contributed by atoms with van der Waals surface area (Å²) in [5.74, 6) is -0.247. The number of halogens is 1. The Morgan fingerprint density at radius 2 is 1.94 bits per heavy atom. The van der Waals surface area contributed by atoms with E-state index < -0.39 is 10.7 Å². The van der Waals surface area contributed by atoms with Crippen molar-refractivity contribution in [3.8, 4) is 11.5 Å². The van der Waals surface area contributed by atoms with Crippen molar-refractivity contribution in [1.29, 1.82) is 0 Å². The van der Waals surface area contributed by atoms with Crippen LogP contribution in [0, 0.1) is 15.9 Å². The molecule has 2 aromatic carbocycles. The lowest BCUT2D eigenvalue weighted by Crippen LogP contribution is -1.96. The highest BCUT2D eigenvalue weighted by Gasteiger charge is 2.12. The van der Waals surface area contributed by atoms with Gasteiger partial charge < -0.3 is 10.5 Å². The SMILES string of the molecule is Nc1cc(Oc2ccccc2F)ccc1[N+](=O)[O-]. The van der Waals surface area contributed by atoms with Crippen LogP contribution in [0.25, 0.3) is 0 Å². The van der Waals surface area contributed by atoms with Crippen LogP contribution in [0.1, 0.15) is 0 Å². The third-order valence-corrected chi connectivity index (χ3v) is 2.26. The van der Waals surface area contributed by atoms with E-state index in [1.54, 1.807) is 6.07 Å². The van der Waals surface area contributed by atoms with E-state index in [0.29, 0.717) is 0 Å². The van der Waals surface area contributed by atoms with Gasteiger partial charge in [-0.3, -0.25) is 10.1 Å². The summed E-state index contributed by atoms with van der Waals surface area (Å²) in [6.07, 6.45) is 0. The summed E-state index contributed by atoms with van der Waals surface area (Å²) in [6.45, 7) is 0. The lowest BCUT2D eigenvalue weighted by Gasteiger charge is -2.07. The summed E-state index contributed by atoms with van der Waals surface area (Å²) < 4.78 is 18.6. The van der Waals surface area contributed by atoms with Gasteiger partial charge >= 0.3 is 0 Å². The topological polar surface area (TPSA) is 78.4 Å². The fraction of sp³-hybridized carbons (Fsp3) is 0. The molecule has 6 heteroatoms. The summed E-state index contributed by atoms with van der Waals surface area (Å²) in [4.78, 5) is 9.98. The van der Waals surface area contributed by atoms with Gasteiger partial charge in [-0.1, -0.05) is 12.1 Å². The number of nitrogens with two attached hydrogens (primary N) is 1. The Hall–Kier alpha value is -2.63. The zero-order chi connectivity index (χ0) is 13.1. The highest BCUT2D eigenvalue weighted by atomic mass is 19.1. The number of anilines is 1. The summed E-state index contributed by atoms with van der Waals surface area (Å²) in [5.41, 5.74) is 5.25. The minimum absolute atomic E-state index is 0.0331. The first kappa shape index (κ1) is 11.8. The Morgan fingerprint density at radius 3 is 2.56 bits per heavy atom. The quantitative estimate of drug-likeness (QED) is 0.514. The van der Waals surface area contributed by atoms with Crippen molar-refractivity contribution in [2.45, 2.75) is 0 Å². The van der Waals surface area contributed by atoms with Gasteiger partial charge in [-0.05, 0) is 18.2 Å². The highest BCUT2D eigenvalue weighted by Crippen LogP contribution is 2.30. The largest absolute Gasteiger partial charge is 0.454 e. The maximum atomic E-state index is 13.3. The Kier molecular flexibility index (Phi) is 3.09. The van der Waals surface area contributed by atoms with E-state index in [-0.39, 0.29) is 22.9 Å². The van der Waals surface area contributed by atoms with Crippen molar-refractivity contribution >= 4 is 11.4 Å². The van der Waals surface area contributed by atoms with Gasteiger partial charge in [0.05, 0.1) is 4.92 Å². The Bertz CT molecular complexity index is 602. The molecule has 0 fully saturated rings. The molecule has 0 aliphatic rings. The zero-order valence-electron chi connectivity index (χ0n) is 9.17. The van der Waals surface area contributed by atoms with Gasteiger partial charge in [0.15, 0.2) is 11.6 Å². The summed E-state index contributed by atoms with van der Waals surface area (Å²) in [5, 5.41) is 10.6. The predicted molar refractivity (Wildman–Crippen MR) is 64.0 cm³/mol. The maximum Gasteiger partial charge on any atom is 0.292 e. The van der Waals surface area contributed by atoms with E-state index in [2.05, 4.69) is 0 Å². The van der Waals surface area contributed by atoms with Gasteiger partial charge in [0.2, 0.25) is 0 Å². The molecule has 2 aromatic rings. The van der Waals surface area contributed by atoms with E-state index in [4.69, 9.17) is 10.5 Å². The zero-order valence-corrected chi connectivity index (χ0v) is 9.17. The molecule has 0 heterocycles. The number of para-hydroxylation sites is 1. The summed E-state index contributed by atoms with van der Waals surface area (Å²) >= 11 is 0. The van der Waals surface area contributed by atoms with Gasteiger partial charge in [-0.15, -0.1) is 0 Å². The molecule has 0 aliphatic carbocycles. The molecule has 92 valence electrons. The molecule has 0 bridgehead atoms. The molecule has 0 spiro atoms. The molecule has 0 radical (unpaired) electrons. The smallest absolute Gasteiger partial charge is 0.292 e. The number of hydrogen-bond acceptors (Lipinski definition) is 4. The first-order chi connectivity index (χ1) is 8.58. The highest BCUT2D eigenvalue weighted by molar-refractivity contribution is 5.61. The molecular formula is C12H9FN2O3. The van der Waals surface area contributed by atoms with E-state index >= 15 is 0 Å². The molecule has 0 amide bonds. The molecule has 5 nitrogen and oxygen atoms in total. The molecule has 0 aliphatic heterocycles. The van der Waals surface area contributed by atoms with Crippen LogP contribution in [0.5, 0.6) is 11.5 Å². The fourth-order valence-electron chi connectivity index (χ4n) is 1.42. The van der Waals surface area contributed by atoms with Crippen molar-refractivity contribution in [3.63, 3.8) is 0 Å². The number of rotatable bonds is 3. The second kappa shape index (κ2) is 4.70. The van der Waals surface area contributed by atoms with Crippen molar-refractivity contribution in [2.75, 3.05) is 5.73 Å². The second-order valence-electron chi connectivity index (χ2n) is 3.51. The summed E-state index contributed by atoms with van der Waals surface area (Å²) in [6, 6.07) is 9.72. The minimum Gasteiger partial charge on any atom is -0.454 e. The van der Waals surface area contributed by atoms with Gasteiger partial charge in [0, 0.05) is 12.1 Å². The monoisotopic (exact) mass is 248 g/mol. The number of nitro benzene ring substituents is 1. The van der Waals surface area contributed by atoms with Crippen LogP contribution in [0.2, 0.25) is 0 Å². The predicted octanol–water partition coefficient (Wildman–Crippen LogP) is 3.11. The maximum absolute atomic E-state index is 13.3. The number of nitrogens with zero attached hydrogens (tertiary/aromatic N) is 1. The van der Waals surface area contributed by atoms with Crippen LogP contribution < -0.4 is 10.5 Å². The molecule has 0 atom stereocenters.